The van der Waals surface area contributed by atoms with Gasteiger partial charge >= 0.3 is 7.12 Å². The van der Waals surface area contributed by atoms with Crippen molar-refractivity contribution in [1.82, 2.24) is 4.98 Å². The minimum Gasteiger partial charge on any atom is -0.399 e. The van der Waals surface area contributed by atoms with E-state index in [-0.39, 0.29) is 11.2 Å². The van der Waals surface area contributed by atoms with Crippen molar-refractivity contribution in [3.05, 3.63) is 23.5 Å². The largest absolute Gasteiger partial charge is 0.496 e. The number of aromatic nitrogens is 1. The second-order valence-corrected chi connectivity index (χ2v) is 7.05. The molecule has 0 atom stereocenters. The van der Waals surface area contributed by atoms with Gasteiger partial charge in [-0.05, 0) is 54.0 Å². The van der Waals surface area contributed by atoms with Crippen LogP contribution in [-0.2, 0) is 14.9 Å². The van der Waals surface area contributed by atoms with Crippen molar-refractivity contribution in [1.29, 1.82) is 0 Å². The van der Waals surface area contributed by atoms with E-state index in [1.165, 1.54) is 0 Å². The Labute approximate surface area is 121 Å². The molecule has 110 valence electrons. The fraction of sp³-hybridized carbons (Fsp3) is 0.667. The summed E-state index contributed by atoms with van der Waals surface area (Å²) in [7, 11) is -0.449. The molecule has 1 aliphatic rings. The third kappa shape index (κ3) is 2.50. The summed E-state index contributed by atoms with van der Waals surface area (Å²) in [6.07, 6.45) is 3.46. The summed E-state index contributed by atoms with van der Waals surface area (Å²) in [5.74, 6) is 0. The van der Waals surface area contributed by atoms with Crippen LogP contribution >= 0.6 is 0 Å². The monoisotopic (exact) mass is 277 g/mol. The number of hydrogen-bond donors (Lipinski definition) is 1. The van der Waals surface area contributed by atoms with Gasteiger partial charge in [0.1, 0.15) is 0 Å². The van der Waals surface area contributed by atoms with E-state index < -0.39 is 12.7 Å². The van der Waals surface area contributed by atoms with Gasteiger partial charge in [0.25, 0.3) is 0 Å². The van der Waals surface area contributed by atoms with E-state index >= 15 is 0 Å². The van der Waals surface area contributed by atoms with E-state index in [2.05, 4.69) is 4.98 Å². The average molecular weight is 277 g/mol. The first-order valence-electron chi connectivity index (χ1n) is 6.99. The molecule has 1 fully saturated rings. The normalized spacial score (nSPS) is 21.3. The molecule has 0 radical (unpaired) electrons. The maximum absolute atomic E-state index is 10.2. The van der Waals surface area contributed by atoms with Gasteiger partial charge in [0.2, 0.25) is 0 Å². The van der Waals surface area contributed by atoms with E-state index in [4.69, 9.17) is 9.31 Å². The summed E-state index contributed by atoms with van der Waals surface area (Å²) in [6.45, 7) is 13.6. The molecule has 0 aliphatic carbocycles. The highest BCUT2D eigenvalue weighted by molar-refractivity contribution is 6.62. The molecule has 2 rings (SSSR count). The number of rotatable bonds is 2. The van der Waals surface area contributed by atoms with Crippen molar-refractivity contribution in [2.75, 3.05) is 0 Å². The summed E-state index contributed by atoms with van der Waals surface area (Å²) >= 11 is 0. The van der Waals surface area contributed by atoms with Crippen molar-refractivity contribution in [3.8, 4) is 0 Å². The van der Waals surface area contributed by atoms with Crippen LogP contribution < -0.4 is 5.46 Å². The highest BCUT2D eigenvalue weighted by Gasteiger charge is 2.52. The van der Waals surface area contributed by atoms with Crippen LogP contribution in [0.5, 0.6) is 0 Å². The highest BCUT2D eigenvalue weighted by Crippen LogP contribution is 2.37. The van der Waals surface area contributed by atoms with Gasteiger partial charge in [0.05, 0.1) is 16.8 Å². The van der Waals surface area contributed by atoms with Crippen LogP contribution in [-0.4, -0.2) is 28.4 Å². The molecule has 0 amide bonds. The molecular weight excluding hydrogens is 253 g/mol. The minimum atomic E-state index is -0.934. The summed E-state index contributed by atoms with van der Waals surface area (Å²) in [6, 6.07) is 0. The van der Waals surface area contributed by atoms with Crippen LogP contribution in [0.25, 0.3) is 0 Å². The van der Waals surface area contributed by atoms with Crippen molar-refractivity contribution in [3.63, 3.8) is 0 Å². The molecule has 1 aromatic rings. The van der Waals surface area contributed by atoms with Crippen molar-refractivity contribution >= 4 is 12.6 Å². The molecule has 0 unspecified atom stereocenters. The van der Waals surface area contributed by atoms with E-state index in [0.717, 1.165) is 16.6 Å². The molecule has 20 heavy (non-hydrogen) atoms. The summed E-state index contributed by atoms with van der Waals surface area (Å²) in [4.78, 5) is 4.23. The topological polar surface area (TPSA) is 51.6 Å². The molecular formula is C15H24BNO3. The fourth-order valence-electron chi connectivity index (χ4n) is 2.37. The van der Waals surface area contributed by atoms with Gasteiger partial charge in [-0.25, -0.2) is 0 Å². The van der Waals surface area contributed by atoms with E-state index in [1.807, 2.05) is 34.6 Å². The summed E-state index contributed by atoms with van der Waals surface area (Å²) in [5.41, 5.74) is 0.944. The van der Waals surface area contributed by atoms with Crippen LogP contribution in [0, 0.1) is 6.92 Å². The zero-order chi connectivity index (χ0) is 15.3. The van der Waals surface area contributed by atoms with E-state index in [1.54, 1.807) is 26.2 Å². The minimum absolute atomic E-state index is 0.380. The second kappa shape index (κ2) is 4.55. The van der Waals surface area contributed by atoms with Gasteiger partial charge in [-0.15, -0.1) is 0 Å². The number of hydrogen-bond acceptors (Lipinski definition) is 4. The molecule has 1 aromatic heterocycles. The molecule has 5 heteroatoms. The SMILES string of the molecule is Cc1c(B2OC(C)(C)C(C)(C)O2)cncc1C(C)(C)O. The molecule has 1 aliphatic heterocycles. The van der Waals surface area contributed by atoms with Crippen LogP contribution in [0.15, 0.2) is 12.4 Å². The Morgan fingerprint density at radius 3 is 2.05 bits per heavy atom. The Hall–Kier alpha value is -0.905. The first-order valence-corrected chi connectivity index (χ1v) is 6.99. The van der Waals surface area contributed by atoms with Gasteiger partial charge in [-0.3, -0.25) is 4.98 Å². The van der Waals surface area contributed by atoms with Crippen LogP contribution in [0.1, 0.15) is 52.7 Å². The first-order chi connectivity index (χ1) is 8.96. The number of aliphatic hydroxyl groups is 1. The maximum Gasteiger partial charge on any atom is 0.496 e. The standard InChI is InChI=1S/C15H24BNO3/c1-10-11(13(2,3)18)8-17-9-12(10)16-19-14(4,5)15(6,7)20-16/h8-9,18H,1-7H3. The summed E-state index contributed by atoms with van der Waals surface area (Å²) < 4.78 is 12.1. The molecule has 0 saturated carbocycles. The van der Waals surface area contributed by atoms with Gasteiger partial charge in [-0.2, -0.15) is 0 Å². The van der Waals surface area contributed by atoms with E-state index in [0.29, 0.717) is 0 Å². The second-order valence-electron chi connectivity index (χ2n) is 7.05. The molecule has 0 spiro atoms. The first kappa shape index (κ1) is 15.5. The van der Waals surface area contributed by atoms with Gasteiger partial charge in [-0.1, -0.05) is 0 Å². The van der Waals surface area contributed by atoms with Gasteiger partial charge in [0, 0.05) is 23.4 Å². The summed E-state index contributed by atoms with van der Waals surface area (Å²) in [5, 5.41) is 10.2. The zero-order valence-electron chi connectivity index (χ0n) is 13.4. The quantitative estimate of drug-likeness (QED) is 0.839. The van der Waals surface area contributed by atoms with Crippen molar-refractivity contribution in [2.24, 2.45) is 0 Å². The zero-order valence-corrected chi connectivity index (χ0v) is 13.4. The molecule has 2 heterocycles. The Morgan fingerprint density at radius 1 is 1.10 bits per heavy atom. The maximum atomic E-state index is 10.2. The predicted molar refractivity (Wildman–Crippen MR) is 79.9 cm³/mol. The third-order valence-corrected chi connectivity index (χ3v) is 4.42. The van der Waals surface area contributed by atoms with Gasteiger partial charge < -0.3 is 14.4 Å². The Kier molecular flexibility index (Phi) is 3.52. The third-order valence-electron chi connectivity index (χ3n) is 4.42. The molecule has 1 N–H and O–H groups in total. The van der Waals surface area contributed by atoms with E-state index in [9.17, 15) is 5.11 Å². The lowest BCUT2D eigenvalue weighted by atomic mass is 9.75. The van der Waals surface area contributed by atoms with Crippen molar-refractivity contribution < 1.29 is 14.4 Å². The lowest BCUT2D eigenvalue weighted by molar-refractivity contribution is 0.00578. The Morgan fingerprint density at radius 2 is 1.60 bits per heavy atom. The van der Waals surface area contributed by atoms with Crippen LogP contribution in [0.3, 0.4) is 0 Å². The van der Waals surface area contributed by atoms with Crippen LogP contribution in [0.2, 0.25) is 0 Å². The van der Waals surface area contributed by atoms with Crippen LogP contribution in [0.4, 0.5) is 0 Å². The molecule has 1 saturated heterocycles. The van der Waals surface area contributed by atoms with Crippen molar-refractivity contribution in [2.45, 2.75) is 65.3 Å². The average Bonchev–Trinajstić information content (AvgIpc) is 2.46. The Bertz CT molecular complexity index is 504. The number of nitrogens with zero attached hydrogens (tertiary/aromatic N) is 1. The number of pyridine rings is 1. The lowest BCUT2D eigenvalue weighted by Gasteiger charge is -2.32. The molecule has 0 aromatic carbocycles. The highest BCUT2D eigenvalue weighted by atomic mass is 16.7. The van der Waals surface area contributed by atoms with Gasteiger partial charge in [0.15, 0.2) is 0 Å². The smallest absolute Gasteiger partial charge is 0.399 e. The Balaban J connectivity index is 2.42. The lowest BCUT2D eigenvalue weighted by Crippen LogP contribution is -2.41. The molecule has 0 bridgehead atoms. The fourth-order valence-corrected chi connectivity index (χ4v) is 2.37. The predicted octanol–water partition coefficient (Wildman–Crippen LogP) is 1.92. The molecule has 4 nitrogen and oxygen atoms in total.